The van der Waals surface area contributed by atoms with Gasteiger partial charge in [0.05, 0.1) is 10.5 Å². The van der Waals surface area contributed by atoms with Crippen molar-refractivity contribution in [3.63, 3.8) is 0 Å². The minimum absolute atomic E-state index is 0.0152. The third-order valence-corrected chi connectivity index (χ3v) is 5.05. The molecule has 0 radical (unpaired) electrons. The number of pyridine rings is 2. The molecule has 0 aromatic carbocycles. The second-order valence-electron chi connectivity index (χ2n) is 6.18. The summed E-state index contributed by atoms with van der Waals surface area (Å²) in [6.07, 6.45) is 3.97. The largest absolute Gasteiger partial charge is 0.504 e. The summed E-state index contributed by atoms with van der Waals surface area (Å²) in [7, 11) is 1.77. The van der Waals surface area contributed by atoms with Gasteiger partial charge < -0.3 is 10.0 Å². The maximum atomic E-state index is 12.9. The van der Waals surface area contributed by atoms with E-state index in [9.17, 15) is 9.90 Å². The van der Waals surface area contributed by atoms with E-state index >= 15 is 0 Å². The molecular formula is C17H15Cl2N5O2. The molecule has 3 aromatic heterocycles. The van der Waals surface area contributed by atoms with Gasteiger partial charge in [-0.25, -0.2) is 9.97 Å². The Morgan fingerprint density at radius 1 is 1.23 bits per heavy atom. The van der Waals surface area contributed by atoms with E-state index in [1.807, 2.05) is 6.07 Å². The van der Waals surface area contributed by atoms with Crippen molar-refractivity contribution in [1.29, 1.82) is 0 Å². The minimum Gasteiger partial charge on any atom is -0.504 e. The van der Waals surface area contributed by atoms with Gasteiger partial charge in [-0.1, -0.05) is 23.2 Å². The summed E-state index contributed by atoms with van der Waals surface area (Å²) in [6, 6.07) is 3.21. The molecule has 0 amide bonds. The predicted octanol–water partition coefficient (Wildman–Crippen LogP) is 3.21. The molecule has 1 aliphatic heterocycles. The zero-order valence-electron chi connectivity index (χ0n) is 13.9. The number of hydrogen-bond acceptors (Lipinski definition) is 6. The van der Waals surface area contributed by atoms with E-state index in [-0.39, 0.29) is 27.3 Å². The number of hydrogen-bond donors (Lipinski definition) is 1. The van der Waals surface area contributed by atoms with Crippen molar-refractivity contribution < 1.29 is 9.90 Å². The first kappa shape index (κ1) is 17.1. The molecule has 0 unspecified atom stereocenters. The van der Waals surface area contributed by atoms with Crippen molar-refractivity contribution in [2.45, 2.75) is 12.8 Å². The van der Waals surface area contributed by atoms with E-state index < -0.39 is 5.78 Å². The molecule has 9 heteroatoms. The lowest BCUT2D eigenvalue weighted by Crippen LogP contribution is -2.18. The number of aromatic nitrogens is 4. The highest BCUT2D eigenvalue weighted by atomic mass is 35.5. The smallest absolute Gasteiger partial charge is 0.232 e. The molecule has 0 spiro atoms. The Morgan fingerprint density at radius 2 is 1.96 bits per heavy atom. The van der Waals surface area contributed by atoms with Crippen LogP contribution >= 0.6 is 23.2 Å². The molecule has 1 fully saturated rings. The van der Waals surface area contributed by atoms with Gasteiger partial charge in [-0.2, -0.15) is 5.10 Å². The highest BCUT2D eigenvalue weighted by Crippen LogP contribution is 2.32. The van der Waals surface area contributed by atoms with E-state index in [2.05, 4.69) is 20.0 Å². The highest BCUT2D eigenvalue weighted by Gasteiger charge is 2.23. The van der Waals surface area contributed by atoms with E-state index in [1.54, 1.807) is 17.9 Å². The number of ketones is 1. The summed E-state index contributed by atoms with van der Waals surface area (Å²) in [5.74, 6) is 0.0913. The summed E-state index contributed by atoms with van der Waals surface area (Å²) in [5, 5.41) is 14.3. The summed E-state index contributed by atoms with van der Waals surface area (Å²) in [5.41, 5.74) is 1.04. The van der Waals surface area contributed by atoms with Crippen molar-refractivity contribution in [3.05, 3.63) is 39.9 Å². The van der Waals surface area contributed by atoms with Gasteiger partial charge in [-0.3, -0.25) is 9.48 Å². The summed E-state index contributed by atoms with van der Waals surface area (Å²) in [6.45, 7) is 1.97. The lowest BCUT2D eigenvalue weighted by atomic mass is 10.1. The van der Waals surface area contributed by atoms with Crippen molar-refractivity contribution in [1.82, 2.24) is 19.7 Å². The second kappa shape index (κ2) is 6.41. The normalized spacial score (nSPS) is 14.3. The molecule has 7 nitrogen and oxygen atoms in total. The fourth-order valence-electron chi connectivity index (χ4n) is 3.14. The Labute approximate surface area is 159 Å². The Kier molecular flexibility index (Phi) is 4.20. The standard InChI is InChI=1S/C17H15Cl2N5O2/c1-23-12-7-13(24-4-2-3-5-24)20-8-9(12)14(22-23)16(26)11-6-10(18)15(25)17(19)21-11/h6-8,25H,2-5H2,1H3. The lowest BCUT2D eigenvalue weighted by molar-refractivity contribution is 0.103. The van der Waals surface area contributed by atoms with Gasteiger partial charge in [-0.15, -0.1) is 0 Å². The first-order valence-corrected chi connectivity index (χ1v) is 8.88. The Bertz CT molecular complexity index is 1000. The Morgan fingerprint density at radius 3 is 2.65 bits per heavy atom. The SMILES string of the molecule is Cn1nc(C(=O)c2cc(Cl)c(O)c(Cl)n2)c2cnc(N3CCCC3)cc21. The molecule has 4 heterocycles. The van der Waals surface area contributed by atoms with Gasteiger partial charge in [0, 0.05) is 37.8 Å². The van der Waals surface area contributed by atoms with Gasteiger partial charge in [-0.05, 0) is 18.9 Å². The van der Waals surface area contributed by atoms with Crippen LogP contribution in [0.15, 0.2) is 18.3 Å². The van der Waals surface area contributed by atoms with Crippen molar-refractivity contribution >= 4 is 45.7 Å². The van der Waals surface area contributed by atoms with E-state index in [1.165, 1.54) is 6.07 Å². The van der Waals surface area contributed by atoms with Crippen molar-refractivity contribution in [2.24, 2.45) is 7.05 Å². The molecule has 0 saturated carbocycles. The maximum absolute atomic E-state index is 12.9. The molecule has 0 atom stereocenters. The lowest BCUT2D eigenvalue weighted by Gasteiger charge is -2.15. The average molecular weight is 392 g/mol. The van der Waals surface area contributed by atoms with Crippen LogP contribution in [0.3, 0.4) is 0 Å². The number of aryl methyl sites for hydroxylation is 1. The fraction of sp³-hybridized carbons (Fsp3) is 0.294. The molecule has 1 aliphatic rings. The topological polar surface area (TPSA) is 84.1 Å². The Hall–Kier alpha value is -2.38. The molecule has 1 saturated heterocycles. The van der Waals surface area contributed by atoms with Gasteiger partial charge >= 0.3 is 0 Å². The molecule has 0 bridgehead atoms. The maximum Gasteiger partial charge on any atom is 0.232 e. The van der Waals surface area contributed by atoms with Gasteiger partial charge in [0.1, 0.15) is 17.2 Å². The van der Waals surface area contributed by atoms with Crippen LogP contribution in [0.25, 0.3) is 10.9 Å². The summed E-state index contributed by atoms with van der Waals surface area (Å²) >= 11 is 11.7. The average Bonchev–Trinajstić information content (AvgIpc) is 3.27. The Balaban J connectivity index is 1.78. The quantitative estimate of drug-likeness (QED) is 0.544. The molecular weight excluding hydrogens is 377 g/mol. The van der Waals surface area contributed by atoms with Gasteiger partial charge in [0.25, 0.3) is 0 Å². The van der Waals surface area contributed by atoms with E-state index in [4.69, 9.17) is 23.2 Å². The summed E-state index contributed by atoms with van der Waals surface area (Å²) < 4.78 is 1.65. The van der Waals surface area contributed by atoms with E-state index in [0.29, 0.717) is 5.39 Å². The number of nitrogens with zero attached hydrogens (tertiary/aromatic N) is 5. The number of fused-ring (bicyclic) bond motifs is 1. The molecule has 1 N–H and O–H groups in total. The van der Waals surface area contributed by atoms with Crippen LogP contribution in [0.1, 0.15) is 29.0 Å². The number of carbonyl (C=O) groups excluding carboxylic acids is 1. The van der Waals surface area contributed by atoms with Crippen molar-refractivity contribution in [3.8, 4) is 5.75 Å². The molecule has 3 aromatic rings. The molecule has 0 aliphatic carbocycles. The first-order valence-electron chi connectivity index (χ1n) is 8.13. The summed E-state index contributed by atoms with van der Waals surface area (Å²) in [4.78, 5) is 23.5. The predicted molar refractivity (Wildman–Crippen MR) is 99.3 cm³/mol. The number of halogens is 2. The monoisotopic (exact) mass is 391 g/mol. The van der Waals surface area contributed by atoms with Gasteiger partial charge in [0.2, 0.25) is 5.78 Å². The van der Waals surface area contributed by atoms with Crippen molar-refractivity contribution in [2.75, 3.05) is 18.0 Å². The van der Waals surface area contributed by atoms with E-state index in [0.717, 1.165) is 37.3 Å². The minimum atomic E-state index is -0.435. The molecule has 26 heavy (non-hydrogen) atoms. The van der Waals surface area contributed by atoms with Crippen LogP contribution in [0.5, 0.6) is 5.75 Å². The van der Waals surface area contributed by atoms with Crippen LogP contribution in [-0.2, 0) is 7.05 Å². The molecule has 134 valence electrons. The number of anilines is 1. The van der Waals surface area contributed by atoms with Gasteiger partial charge in [0.15, 0.2) is 10.9 Å². The first-order chi connectivity index (χ1) is 12.5. The third-order valence-electron chi connectivity index (χ3n) is 4.50. The fourth-order valence-corrected chi connectivity index (χ4v) is 3.58. The number of rotatable bonds is 3. The number of carbonyl (C=O) groups is 1. The van der Waals surface area contributed by atoms with Crippen LogP contribution in [0, 0.1) is 0 Å². The highest BCUT2D eigenvalue weighted by molar-refractivity contribution is 6.37. The second-order valence-corrected chi connectivity index (χ2v) is 6.95. The zero-order valence-corrected chi connectivity index (χ0v) is 15.4. The van der Waals surface area contributed by atoms with Crippen LogP contribution in [-0.4, -0.2) is 43.7 Å². The van der Waals surface area contributed by atoms with Crippen LogP contribution in [0.4, 0.5) is 5.82 Å². The van der Waals surface area contributed by atoms with Crippen LogP contribution in [0.2, 0.25) is 10.2 Å². The third kappa shape index (κ3) is 2.77. The van der Waals surface area contributed by atoms with Crippen LogP contribution < -0.4 is 4.90 Å². The number of aromatic hydroxyl groups is 1. The zero-order chi connectivity index (χ0) is 18.4. The molecule has 4 rings (SSSR count).